The van der Waals surface area contributed by atoms with Crippen LogP contribution in [0, 0.1) is 5.92 Å². The van der Waals surface area contributed by atoms with Crippen LogP contribution in [0.25, 0.3) is 0 Å². The minimum Gasteiger partial charge on any atom is -0.480 e. The molecular weight excluding hydrogens is 1180 g/mol. The second-order valence-corrected chi connectivity index (χ2v) is 25.8. The Labute approximate surface area is 547 Å². The maximum atomic E-state index is 13.0. The summed E-state index contributed by atoms with van der Waals surface area (Å²) in [5, 5.41) is 49.4. The zero-order chi connectivity index (χ0) is 65.0. The average Bonchev–Trinajstić information content (AvgIpc) is 1.50. The molecule has 93 heavy (non-hydrogen) atoms. The molecule has 1 aromatic carbocycles. The number of rotatable bonds is 39. The Morgan fingerprint density at radius 2 is 1.26 bits per heavy atom. The first-order valence-electron chi connectivity index (χ1n) is 34.5. The molecule has 9 rings (SSSR count). The lowest BCUT2D eigenvalue weighted by atomic mass is 9.83. The summed E-state index contributed by atoms with van der Waals surface area (Å²) < 4.78 is 4.00. The quantitative estimate of drug-likeness (QED) is 0.0250. The highest BCUT2D eigenvalue weighted by Gasteiger charge is 2.28. The summed E-state index contributed by atoms with van der Waals surface area (Å²) in [4.78, 5) is 74.5. The maximum absolute atomic E-state index is 13.0. The molecule has 16 N–H and O–H groups in total. The Morgan fingerprint density at radius 3 is 1.96 bits per heavy atom. The SMILES string of the molecule is Nc1cc(N2CCN(C(=O)CC[C@H](N)C(=O)NCc3ccccc3)CC2)nc(NCc2cn(CCCNCCCNC3CCC(Cc4cc(NC5CCN(C(=O)CC[C@H](N)C(=O)O)CC5)nc(NCc5cn(CCCNCCCNC6CCCCC6)nn5)n4)CC3)[nH]2)n1. The molecule has 6 heterocycles. The molecule has 0 unspecified atom stereocenters. The van der Waals surface area contributed by atoms with E-state index in [9.17, 15) is 19.2 Å². The standard InChI is InChI=1S/C65H105N23O5/c66-55(62(91)73-42-48-11-3-1-4-12-48)19-21-61(90)86-37-35-84(36-38-86)59-41-57(68)78-65(80-59)75-44-54-46-87(82-54)31-9-27-69-26-8-30-72-50-17-15-47(16-18-50)39-52-40-58(76-51-23-33-85(34-24-51)60(89)22-20-56(67)63(92)93)79-64(77-52)74-43-53-45-88(83-81-53)32-10-28-70-25-7-29-71-49-13-5-2-6-14-49/h1,3-4,11-12,40-41,45-47,49-51,55-56,69-72,82H,2,5-10,13-39,42-44,66-67H2,(H,73,91)(H,92,93)(H3,68,75,78,80)(H2,74,76,77,79)/t47?,50?,55-,56-/m0/s1. The van der Waals surface area contributed by atoms with Crippen LogP contribution in [0.5, 0.6) is 0 Å². The van der Waals surface area contributed by atoms with Crippen LogP contribution >= 0.6 is 0 Å². The van der Waals surface area contributed by atoms with Crippen LogP contribution in [0.4, 0.5) is 29.4 Å². The lowest BCUT2D eigenvalue weighted by Gasteiger charge is -2.35. The number of aliphatic carboxylic acids is 1. The number of hydrogen-bond donors (Lipinski definition) is 13. The third kappa shape index (κ3) is 24.1. The maximum Gasteiger partial charge on any atom is 0.320 e. The third-order valence-corrected chi connectivity index (χ3v) is 18.4. The van der Waals surface area contributed by atoms with Gasteiger partial charge in [0.25, 0.3) is 0 Å². The van der Waals surface area contributed by atoms with Crippen LogP contribution in [-0.2, 0) is 58.3 Å². The van der Waals surface area contributed by atoms with Crippen molar-refractivity contribution in [2.24, 2.45) is 17.4 Å². The summed E-state index contributed by atoms with van der Waals surface area (Å²) in [6.07, 6.45) is 22.6. The number of hydrogen-bond acceptors (Lipinski definition) is 21. The van der Waals surface area contributed by atoms with Gasteiger partial charge >= 0.3 is 5.97 Å². The zero-order valence-electron chi connectivity index (χ0n) is 54.6. The number of aryl methyl sites for hydroxylation is 2. The highest BCUT2D eigenvalue weighted by atomic mass is 16.4. The van der Waals surface area contributed by atoms with Crippen molar-refractivity contribution < 1.29 is 24.3 Å². The minimum absolute atomic E-state index is 0.0183. The van der Waals surface area contributed by atoms with Crippen molar-refractivity contribution in [2.75, 3.05) is 105 Å². The number of piperazine rings is 1. The predicted molar refractivity (Wildman–Crippen MR) is 361 cm³/mol. The molecule has 3 amide bonds. The highest BCUT2D eigenvalue weighted by molar-refractivity contribution is 5.83. The first-order valence-corrected chi connectivity index (χ1v) is 34.5. The van der Waals surface area contributed by atoms with Gasteiger partial charge in [-0.2, -0.15) is 15.0 Å². The molecule has 4 fully saturated rings. The topological polar surface area (TPSA) is 376 Å². The molecule has 0 radical (unpaired) electrons. The second kappa shape index (κ2) is 37.4. The number of carbonyl (C=O) groups is 4. The van der Waals surface area contributed by atoms with E-state index in [0.29, 0.717) is 100 Å². The lowest BCUT2D eigenvalue weighted by Crippen LogP contribution is -2.49. The van der Waals surface area contributed by atoms with Crippen molar-refractivity contribution in [3.05, 3.63) is 77.5 Å². The third-order valence-electron chi connectivity index (χ3n) is 18.4. The number of likely N-dealkylation sites (tertiary alicyclic amines) is 1. The van der Waals surface area contributed by atoms with Crippen molar-refractivity contribution in [1.82, 2.24) is 81.1 Å². The van der Waals surface area contributed by atoms with E-state index in [1.54, 1.807) is 6.07 Å². The van der Waals surface area contributed by atoms with Gasteiger partial charge < -0.3 is 79.5 Å². The van der Waals surface area contributed by atoms with Gasteiger partial charge in [-0.3, -0.25) is 33.6 Å². The zero-order valence-corrected chi connectivity index (χ0v) is 54.6. The van der Waals surface area contributed by atoms with Crippen LogP contribution in [0.15, 0.2) is 54.9 Å². The number of aromatic nitrogens is 9. The van der Waals surface area contributed by atoms with Crippen molar-refractivity contribution in [1.29, 1.82) is 0 Å². The lowest BCUT2D eigenvalue weighted by molar-refractivity contribution is -0.139. The first-order chi connectivity index (χ1) is 45.3. The van der Waals surface area contributed by atoms with E-state index in [4.69, 9.17) is 37.3 Å². The molecule has 2 atom stereocenters. The number of carbonyl (C=O) groups excluding carboxylic acids is 3. The molecule has 2 aliphatic heterocycles. The van der Waals surface area contributed by atoms with E-state index in [2.05, 4.69) is 84.8 Å². The summed E-state index contributed by atoms with van der Waals surface area (Å²) in [6, 6.07) is 13.0. The van der Waals surface area contributed by atoms with Gasteiger partial charge in [0.05, 0.1) is 31.0 Å². The van der Waals surface area contributed by atoms with Crippen LogP contribution in [0.1, 0.15) is 145 Å². The number of amides is 3. The number of carboxylic acids is 1. The number of H-pyrrole nitrogens is 1. The Morgan fingerprint density at radius 1 is 0.624 bits per heavy atom. The molecule has 5 aromatic rings. The van der Waals surface area contributed by atoms with Gasteiger partial charge in [-0.05, 0) is 147 Å². The highest BCUT2D eigenvalue weighted by Crippen LogP contribution is 2.29. The van der Waals surface area contributed by atoms with E-state index in [-0.39, 0.29) is 49.4 Å². The molecular formula is C65H105N23O5. The van der Waals surface area contributed by atoms with Gasteiger partial charge in [0, 0.05) is 114 Å². The number of nitrogens with zero attached hydrogens (tertiary/aromatic N) is 11. The van der Waals surface area contributed by atoms with Gasteiger partial charge in [-0.1, -0.05) is 54.8 Å². The Kier molecular flexibility index (Phi) is 28.1. The molecule has 0 spiro atoms. The normalized spacial score (nSPS) is 18.1. The Hall–Kier alpha value is -7.50. The van der Waals surface area contributed by atoms with Gasteiger partial charge in [-0.15, -0.1) is 5.10 Å². The van der Waals surface area contributed by atoms with E-state index in [1.807, 2.05) is 51.0 Å². The molecule has 0 bridgehead atoms. The number of aromatic amines is 1. The molecule has 2 saturated heterocycles. The number of nitrogens with one attached hydrogen (secondary N) is 9. The summed E-state index contributed by atoms with van der Waals surface area (Å²) in [5.74, 6) is 1.91. The molecule has 4 aromatic heterocycles. The molecule has 28 heteroatoms. The number of anilines is 5. The number of nitrogen functional groups attached to an aromatic ring is 1. The van der Waals surface area contributed by atoms with Crippen LogP contribution in [0.2, 0.25) is 0 Å². The molecule has 2 saturated carbocycles. The molecule has 28 nitrogen and oxygen atoms in total. The van der Waals surface area contributed by atoms with Gasteiger partial charge in [0.2, 0.25) is 29.6 Å². The van der Waals surface area contributed by atoms with E-state index < -0.39 is 18.1 Å². The second-order valence-electron chi connectivity index (χ2n) is 25.8. The summed E-state index contributed by atoms with van der Waals surface area (Å²) in [5.41, 5.74) is 21.9. The van der Waals surface area contributed by atoms with Gasteiger partial charge in [0.15, 0.2) is 0 Å². The Bertz CT molecular complexity index is 3010. The van der Waals surface area contributed by atoms with Crippen molar-refractivity contribution in [3.8, 4) is 0 Å². The summed E-state index contributed by atoms with van der Waals surface area (Å²) >= 11 is 0. The van der Waals surface area contributed by atoms with Crippen molar-refractivity contribution in [3.63, 3.8) is 0 Å². The fourth-order valence-electron chi connectivity index (χ4n) is 12.8. The van der Waals surface area contributed by atoms with E-state index in [1.165, 1.54) is 32.1 Å². The molecule has 2 aliphatic carbocycles. The smallest absolute Gasteiger partial charge is 0.320 e. The van der Waals surface area contributed by atoms with Crippen LogP contribution in [0.3, 0.4) is 0 Å². The summed E-state index contributed by atoms with van der Waals surface area (Å²) in [7, 11) is 0. The number of nitrogens with two attached hydrogens (primary N) is 3. The number of carboxylic acid groups (broad SMARTS) is 1. The van der Waals surface area contributed by atoms with E-state index >= 15 is 0 Å². The fourth-order valence-corrected chi connectivity index (χ4v) is 12.8. The largest absolute Gasteiger partial charge is 0.480 e. The van der Waals surface area contributed by atoms with Gasteiger partial charge in [0.1, 0.15) is 29.2 Å². The Balaban J connectivity index is 0.626. The molecule has 510 valence electrons. The number of piperidine rings is 1. The predicted octanol–water partition coefficient (Wildman–Crippen LogP) is 3.51. The van der Waals surface area contributed by atoms with Crippen LogP contribution in [-0.4, -0.2) is 192 Å². The average molecular weight is 1290 g/mol. The fraction of sp³-hybridized carbons (Fsp3) is 0.662. The molecule has 4 aliphatic rings. The summed E-state index contributed by atoms with van der Waals surface area (Å²) in [6.45, 7) is 12.3. The number of benzene rings is 1. The van der Waals surface area contributed by atoms with E-state index in [0.717, 1.165) is 151 Å². The van der Waals surface area contributed by atoms with Gasteiger partial charge in [-0.25, -0.2) is 4.98 Å². The van der Waals surface area contributed by atoms with Crippen molar-refractivity contribution >= 4 is 53.0 Å². The first kappa shape index (κ1) is 69.8. The van der Waals surface area contributed by atoms with Crippen molar-refractivity contribution in [2.45, 2.75) is 191 Å². The van der Waals surface area contributed by atoms with Crippen LogP contribution < -0.4 is 64.6 Å². The minimum atomic E-state index is -1.09. The monoisotopic (exact) mass is 1290 g/mol.